The van der Waals surface area contributed by atoms with Crippen molar-refractivity contribution in [2.45, 2.75) is 37.0 Å². The smallest absolute Gasteiger partial charge is 0.0713 e. The molecule has 0 saturated heterocycles. The summed E-state index contributed by atoms with van der Waals surface area (Å²) in [5, 5.41) is 2.51. The van der Waals surface area contributed by atoms with Crippen LogP contribution in [-0.4, -0.2) is 4.57 Å². The van der Waals surface area contributed by atoms with Gasteiger partial charge in [0, 0.05) is 21.9 Å². The van der Waals surface area contributed by atoms with Crippen molar-refractivity contribution >= 4 is 34.0 Å². The fourth-order valence-electron chi connectivity index (χ4n) is 15.9. The van der Waals surface area contributed by atoms with E-state index in [0.29, 0.717) is 0 Å². The number of hydrogen-bond donors (Lipinski definition) is 0. The Morgan fingerprint density at radius 2 is 0.747 bits per heavy atom. The van der Waals surface area contributed by atoms with E-state index in [-0.39, 0.29) is 5.41 Å². The molecule has 13 aromatic carbocycles. The molecule has 0 amide bonds. The first kappa shape index (κ1) is 50.9. The van der Waals surface area contributed by atoms with E-state index < -0.39 is 10.8 Å². The molecular weight excluding hydrogens is 1050 g/mol. The van der Waals surface area contributed by atoms with Crippen molar-refractivity contribution in [3.8, 4) is 61.3 Å². The number of aromatic nitrogens is 1. The Labute approximate surface area is 509 Å². The molecule has 17 rings (SSSR count). The Morgan fingerprint density at radius 3 is 1.46 bits per heavy atom. The average molecular weight is 1110 g/mol. The lowest BCUT2D eigenvalue weighted by Crippen LogP contribution is -2.29. The van der Waals surface area contributed by atoms with Gasteiger partial charge in [0.05, 0.1) is 21.9 Å². The molecule has 0 fully saturated rings. The molecule has 0 unspecified atom stereocenters. The van der Waals surface area contributed by atoms with Gasteiger partial charge in [-0.2, -0.15) is 0 Å². The van der Waals surface area contributed by atoms with E-state index in [4.69, 9.17) is 0 Å². The van der Waals surface area contributed by atoms with Gasteiger partial charge in [-0.05, 0) is 178 Å². The van der Waals surface area contributed by atoms with Crippen LogP contribution in [0.2, 0.25) is 0 Å². The molecule has 0 bridgehead atoms. The maximum Gasteiger partial charge on any atom is 0.0713 e. The highest BCUT2D eigenvalue weighted by Gasteiger charge is 2.48. The second-order valence-electron chi connectivity index (χ2n) is 24.8. The molecule has 0 aliphatic heterocycles. The first-order valence-corrected chi connectivity index (χ1v) is 30.6. The second-order valence-corrected chi connectivity index (χ2v) is 24.8. The van der Waals surface area contributed by atoms with Crippen molar-refractivity contribution in [2.24, 2.45) is 0 Å². The van der Waals surface area contributed by atoms with Crippen LogP contribution in [0.15, 0.2) is 303 Å². The molecule has 0 N–H and O–H groups in total. The molecule has 0 radical (unpaired) electrons. The molecule has 14 aromatic rings. The maximum absolute atomic E-state index is 2.51. The van der Waals surface area contributed by atoms with Gasteiger partial charge in [0.1, 0.15) is 0 Å². The van der Waals surface area contributed by atoms with E-state index in [1.165, 1.54) is 144 Å². The zero-order valence-electron chi connectivity index (χ0n) is 49.0. The van der Waals surface area contributed by atoms with Crippen LogP contribution in [0.5, 0.6) is 0 Å². The number of aryl methyl sites for hydroxylation is 1. The van der Waals surface area contributed by atoms with E-state index in [9.17, 15) is 0 Å². The van der Waals surface area contributed by atoms with Crippen LogP contribution in [0.4, 0.5) is 0 Å². The molecule has 1 heterocycles. The molecule has 0 spiro atoms. The normalized spacial score (nSPS) is 14.4. The molecule has 3 aliphatic carbocycles. The summed E-state index contributed by atoms with van der Waals surface area (Å²) in [5.41, 5.74) is 31.7. The van der Waals surface area contributed by atoms with Gasteiger partial charge in [-0.15, -0.1) is 0 Å². The van der Waals surface area contributed by atoms with Crippen molar-refractivity contribution in [1.82, 2.24) is 4.57 Å². The van der Waals surface area contributed by atoms with E-state index in [1.807, 2.05) is 0 Å². The molecule has 3 aliphatic rings. The van der Waals surface area contributed by atoms with Gasteiger partial charge in [0.15, 0.2) is 0 Å². The lowest BCUT2D eigenvalue weighted by atomic mass is 9.66. The number of nitrogens with zero attached hydrogens (tertiary/aromatic N) is 1. The minimum absolute atomic E-state index is 0.0766. The fourth-order valence-corrected chi connectivity index (χ4v) is 15.9. The molecule has 1 heteroatoms. The number of fused-ring (bicyclic) bond motifs is 12. The lowest BCUT2D eigenvalue weighted by Gasteiger charge is -2.35. The first-order valence-electron chi connectivity index (χ1n) is 30.6. The predicted octanol–water partition coefficient (Wildman–Crippen LogP) is 21.6. The first-order chi connectivity index (χ1) is 42.8. The zero-order valence-corrected chi connectivity index (χ0v) is 49.0. The number of hydrogen-bond acceptors (Lipinski definition) is 0. The van der Waals surface area contributed by atoms with Crippen LogP contribution in [0, 0.1) is 6.92 Å². The summed E-state index contributed by atoms with van der Waals surface area (Å²) in [6.45, 7) is 6.93. The van der Waals surface area contributed by atoms with Crippen molar-refractivity contribution in [2.75, 3.05) is 0 Å². The summed E-state index contributed by atoms with van der Waals surface area (Å²) < 4.78 is 2.46. The predicted molar refractivity (Wildman–Crippen MR) is 364 cm³/mol. The number of benzene rings is 13. The van der Waals surface area contributed by atoms with Crippen molar-refractivity contribution in [1.29, 1.82) is 0 Å². The third kappa shape index (κ3) is 7.52. The van der Waals surface area contributed by atoms with Gasteiger partial charge >= 0.3 is 0 Å². The van der Waals surface area contributed by atoms with Crippen LogP contribution < -0.4 is 0 Å². The fraction of sp³-hybridized carbons (Fsp3) is 0.0698. The van der Waals surface area contributed by atoms with Crippen molar-refractivity contribution < 1.29 is 0 Å². The molecule has 87 heavy (non-hydrogen) atoms. The van der Waals surface area contributed by atoms with Crippen LogP contribution in [-0.2, 0) is 16.2 Å². The third-order valence-electron chi connectivity index (χ3n) is 19.8. The van der Waals surface area contributed by atoms with Crippen molar-refractivity contribution in [3.63, 3.8) is 0 Å². The minimum atomic E-state index is -0.587. The van der Waals surface area contributed by atoms with Crippen LogP contribution in [0.1, 0.15) is 86.2 Å². The van der Waals surface area contributed by atoms with Gasteiger partial charge in [-0.25, -0.2) is 0 Å². The van der Waals surface area contributed by atoms with E-state index in [1.54, 1.807) is 0 Å². The largest absolute Gasteiger partial charge is 0.309 e. The average Bonchev–Trinajstić information content (AvgIpc) is 1.61. The topological polar surface area (TPSA) is 4.93 Å². The monoisotopic (exact) mass is 1110 g/mol. The van der Waals surface area contributed by atoms with Gasteiger partial charge < -0.3 is 4.57 Å². The number of rotatable bonds is 9. The Hall–Kier alpha value is -10.6. The highest BCUT2D eigenvalue weighted by atomic mass is 15.0. The minimum Gasteiger partial charge on any atom is -0.309 e. The summed E-state index contributed by atoms with van der Waals surface area (Å²) >= 11 is 0. The highest BCUT2D eigenvalue weighted by molar-refractivity contribution is 6.10. The lowest BCUT2D eigenvalue weighted by molar-refractivity contribution is 0.660. The summed E-state index contributed by atoms with van der Waals surface area (Å²) in [5.74, 6) is 0. The Balaban J connectivity index is 0.730. The molecular formula is C86H61N. The van der Waals surface area contributed by atoms with Gasteiger partial charge in [-0.3, -0.25) is 0 Å². The van der Waals surface area contributed by atoms with Gasteiger partial charge in [0.2, 0.25) is 0 Å². The Bertz CT molecular complexity index is 5040. The molecule has 0 saturated carbocycles. The maximum atomic E-state index is 2.51. The van der Waals surface area contributed by atoms with Crippen molar-refractivity contribution in [3.05, 3.63) is 376 Å². The molecule has 410 valence electrons. The van der Waals surface area contributed by atoms with Gasteiger partial charge in [-0.1, -0.05) is 286 Å². The Kier molecular flexibility index (Phi) is 11.4. The molecule has 0 atom stereocenters. The zero-order chi connectivity index (χ0) is 58.0. The van der Waals surface area contributed by atoms with E-state index in [2.05, 4.69) is 341 Å². The summed E-state index contributed by atoms with van der Waals surface area (Å²) in [4.78, 5) is 0. The van der Waals surface area contributed by atoms with E-state index >= 15 is 0 Å². The van der Waals surface area contributed by atoms with E-state index in [0.717, 1.165) is 11.1 Å². The van der Waals surface area contributed by atoms with Crippen LogP contribution in [0.3, 0.4) is 0 Å². The standard InChI is InChI=1S/C86H61N/c1-56-20-18-26-65(50-56)86(77-33-15-11-29-69(77)70-30-12-16-34-78(70)86)66-27-19-21-60(52-66)62-43-47-73-72-46-40-58(51-80(72)85(81(73)54-62,63-22-6-4-7-23-63)64-24-8-5-9-25-64)37-36-57-38-41-59(42-39-57)61-44-49-83-75(53-61)74-31-13-17-35-82(74)87(83)67-45-48-71-68-28-10-14-32-76(68)84(2,3)79(71)55-67/h4-55H,1-3H3/b37-36+. The SMILES string of the molecule is Cc1cccc(C2(c3cccc(-c4ccc5c(c4)C(c4ccccc4)(c4ccccc4)c4cc(/C=C/c6ccc(-c7ccc8c(c7)c7ccccc7n8-c7ccc8c(c7)C(C)(C)c7ccccc7-8)cc6)ccc4-5)c3)c3ccccc3-c3ccccc32)c1. The second kappa shape index (κ2) is 19.5. The quantitative estimate of drug-likeness (QED) is 0.127. The Morgan fingerprint density at radius 1 is 0.276 bits per heavy atom. The van der Waals surface area contributed by atoms with Crippen LogP contribution >= 0.6 is 0 Å². The van der Waals surface area contributed by atoms with Crippen LogP contribution in [0.25, 0.3) is 95.3 Å². The summed E-state index contributed by atoms with van der Waals surface area (Å²) in [7, 11) is 0. The molecule has 1 nitrogen and oxygen atoms in total. The van der Waals surface area contributed by atoms with Gasteiger partial charge in [0.25, 0.3) is 0 Å². The molecule has 1 aromatic heterocycles. The summed E-state index contributed by atoms with van der Waals surface area (Å²) in [6.07, 6.45) is 4.56. The number of para-hydroxylation sites is 1. The summed E-state index contributed by atoms with van der Waals surface area (Å²) in [6, 6.07) is 114. The highest BCUT2D eigenvalue weighted by Crippen LogP contribution is 2.59. The third-order valence-corrected chi connectivity index (χ3v) is 19.8.